The lowest BCUT2D eigenvalue weighted by atomic mass is 10.0. The van der Waals surface area contributed by atoms with Crippen LogP contribution in [0.2, 0.25) is 5.02 Å². The first-order valence-corrected chi connectivity index (χ1v) is 13.0. The molecule has 1 atom stereocenters. The highest BCUT2D eigenvalue weighted by atomic mass is 35.5. The molecule has 0 amide bonds. The number of benzene rings is 3. The average molecular weight is 601 g/mol. The lowest BCUT2D eigenvalue weighted by Gasteiger charge is -2.20. The van der Waals surface area contributed by atoms with Crippen LogP contribution in [0, 0.1) is 34.7 Å². The van der Waals surface area contributed by atoms with Gasteiger partial charge in [0.25, 0.3) is 0 Å². The van der Waals surface area contributed by atoms with Crippen molar-refractivity contribution in [2.24, 2.45) is 0 Å². The number of halogens is 5. The predicted molar refractivity (Wildman–Crippen MR) is 152 cm³/mol. The summed E-state index contributed by atoms with van der Waals surface area (Å²) >= 11 is 6.62. The Hall–Kier alpha value is -5.54. The summed E-state index contributed by atoms with van der Waals surface area (Å²) in [7, 11) is 0. The average Bonchev–Trinajstić information content (AvgIpc) is 3.49. The van der Waals surface area contributed by atoms with Crippen molar-refractivity contribution in [3.05, 3.63) is 131 Å². The van der Waals surface area contributed by atoms with Crippen molar-refractivity contribution in [2.45, 2.75) is 6.04 Å². The Balaban J connectivity index is 1.44. The minimum atomic E-state index is -1.26. The molecule has 0 spiro atoms. The molecule has 6 aromatic rings. The molecule has 1 unspecified atom stereocenters. The molecule has 0 fully saturated rings. The summed E-state index contributed by atoms with van der Waals surface area (Å²) < 4.78 is 56.9. The van der Waals surface area contributed by atoms with Gasteiger partial charge in [-0.25, -0.2) is 22.8 Å². The molecule has 8 nitrogen and oxygen atoms in total. The van der Waals surface area contributed by atoms with E-state index in [1.807, 2.05) is 6.07 Å². The van der Waals surface area contributed by atoms with E-state index in [2.05, 4.69) is 30.9 Å². The van der Waals surface area contributed by atoms with Crippen molar-refractivity contribution in [2.75, 3.05) is 10.6 Å². The van der Waals surface area contributed by atoms with E-state index in [1.54, 1.807) is 48.7 Å². The van der Waals surface area contributed by atoms with Gasteiger partial charge < -0.3 is 10.6 Å². The number of aromatic nitrogens is 5. The number of fused-ring (bicyclic) bond motifs is 1. The van der Waals surface area contributed by atoms with Gasteiger partial charge in [-0.05, 0) is 42.0 Å². The second kappa shape index (κ2) is 11.4. The molecular weight excluding hydrogens is 584 g/mol. The number of hydrogen-bond donors (Lipinski definition) is 2. The minimum Gasteiger partial charge on any atom is -0.373 e. The maximum atomic E-state index is 14.5. The highest BCUT2D eigenvalue weighted by molar-refractivity contribution is 6.36. The topological polar surface area (TPSA) is 104 Å². The van der Waals surface area contributed by atoms with Crippen LogP contribution >= 0.6 is 11.6 Å². The van der Waals surface area contributed by atoms with Gasteiger partial charge >= 0.3 is 0 Å². The summed E-state index contributed by atoms with van der Waals surface area (Å²) in [6.07, 6.45) is 3.93. The minimum absolute atomic E-state index is 0.0892. The Morgan fingerprint density at radius 2 is 1.67 bits per heavy atom. The van der Waals surface area contributed by atoms with Crippen LogP contribution in [-0.4, -0.2) is 25.0 Å². The molecule has 0 saturated heterocycles. The summed E-state index contributed by atoms with van der Waals surface area (Å²) in [5.41, 5.74) is 2.36. The molecule has 3 aromatic heterocycles. The van der Waals surface area contributed by atoms with Crippen LogP contribution in [0.15, 0.2) is 85.3 Å². The Morgan fingerprint density at radius 3 is 2.42 bits per heavy atom. The molecule has 0 bridgehead atoms. The van der Waals surface area contributed by atoms with Crippen molar-refractivity contribution in [3.8, 4) is 11.8 Å². The Bertz CT molecular complexity index is 2020. The van der Waals surface area contributed by atoms with Gasteiger partial charge in [-0.15, -0.1) is 5.10 Å². The number of pyridine rings is 2. The number of nitrogens with one attached hydrogen (secondary N) is 2. The van der Waals surface area contributed by atoms with Gasteiger partial charge in [0.1, 0.15) is 29.1 Å². The molecule has 0 aliphatic rings. The van der Waals surface area contributed by atoms with Crippen LogP contribution in [0.5, 0.6) is 0 Å². The number of anilines is 3. The van der Waals surface area contributed by atoms with Crippen LogP contribution in [0.4, 0.5) is 34.6 Å². The highest BCUT2D eigenvalue weighted by Gasteiger charge is 2.21. The molecule has 212 valence electrons. The fourth-order valence-electron chi connectivity index (χ4n) is 4.51. The van der Waals surface area contributed by atoms with E-state index in [1.165, 1.54) is 29.1 Å². The maximum absolute atomic E-state index is 14.5. The van der Waals surface area contributed by atoms with Crippen LogP contribution in [0.3, 0.4) is 0 Å². The third-order valence-corrected chi connectivity index (χ3v) is 6.82. The Kier molecular flexibility index (Phi) is 7.31. The van der Waals surface area contributed by atoms with Gasteiger partial charge in [-0.3, -0.25) is 4.98 Å². The van der Waals surface area contributed by atoms with Crippen LogP contribution in [0.1, 0.15) is 22.9 Å². The van der Waals surface area contributed by atoms with Crippen LogP contribution in [-0.2, 0) is 0 Å². The van der Waals surface area contributed by atoms with Crippen molar-refractivity contribution < 1.29 is 17.6 Å². The molecule has 0 aliphatic heterocycles. The van der Waals surface area contributed by atoms with Gasteiger partial charge in [0.15, 0.2) is 5.82 Å². The number of hydrogen-bond acceptors (Lipinski definition) is 7. The molecule has 0 aliphatic carbocycles. The lowest BCUT2D eigenvalue weighted by Crippen LogP contribution is -2.13. The second-order valence-electron chi connectivity index (χ2n) is 9.30. The van der Waals surface area contributed by atoms with Crippen LogP contribution < -0.4 is 10.6 Å². The Morgan fingerprint density at radius 1 is 0.884 bits per heavy atom. The zero-order valence-corrected chi connectivity index (χ0v) is 22.5. The predicted octanol–water partition coefficient (Wildman–Crippen LogP) is 7.24. The van der Waals surface area contributed by atoms with Crippen molar-refractivity contribution in [1.82, 2.24) is 25.0 Å². The standard InChI is InChI=1S/C30H17ClF4N8/c31-22-10-19(9-21-27(17(12-36)13-37-29(21)22)40-20-11-24(34)30(35)38-14-20)39-28(16-5-7-18(32)8-6-16)25-15-43(42-41-25)26-4-2-1-3-23(26)33/h1-11,13-15,28,39H,(H,37,40). The number of para-hydroxylation sites is 1. The largest absolute Gasteiger partial charge is 0.373 e. The molecule has 3 heterocycles. The summed E-state index contributed by atoms with van der Waals surface area (Å²) in [6.45, 7) is 0. The van der Waals surface area contributed by atoms with Gasteiger partial charge in [-0.2, -0.15) is 9.65 Å². The first kappa shape index (κ1) is 27.6. The fraction of sp³-hybridized carbons (Fsp3) is 0.0333. The lowest BCUT2D eigenvalue weighted by molar-refractivity contribution is 0.480. The van der Waals surface area contributed by atoms with Gasteiger partial charge in [0.05, 0.1) is 45.9 Å². The summed E-state index contributed by atoms with van der Waals surface area (Å²) in [5, 5.41) is 24.9. The number of nitriles is 1. The summed E-state index contributed by atoms with van der Waals surface area (Å²) in [4.78, 5) is 7.68. The highest BCUT2D eigenvalue weighted by Crippen LogP contribution is 2.37. The first-order valence-electron chi connectivity index (χ1n) is 12.6. The van der Waals surface area contributed by atoms with E-state index in [-0.39, 0.29) is 27.6 Å². The van der Waals surface area contributed by atoms with Gasteiger partial charge in [-0.1, -0.05) is 41.1 Å². The van der Waals surface area contributed by atoms with E-state index < -0.39 is 29.4 Å². The smallest absolute Gasteiger partial charge is 0.249 e. The zero-order chi connectivity index (χ0) is 30.1. The van der Waals surface area contributed by atoms with E-state index in [0.717, 1.165) is 12.3 Å². The molecule has 43 heavy (non-hydrogen) atoms. The maximum Gasteiger partial charge on any atom is 0.249 e. The van der Waals surface area contributed by atoms with Crippen molar-refractivity contribution in [3.63, 3.8) is 0 Å². The SMILES string of the molecule is N#Cc1cnc2c(Cl)cc(NC(c3ccc(F)cc3)c3cn(-c4ccccc4F)nn3)cc2c1Nc1cnc(F)c(F)c1. The number of rotatable bonds is 7. The molecule has 2 N–H and O–H groups in total. The third-order valence-electron chi connectivity index (χ3n) is 6.53. The first-order chi connectivity index (χ1) is 20.8. The summed E-state index contributed by atoms with van der Waals surface area (Å²) in [5.74, 6) is -3.38. The van der Waals surface area contributed by atoms with Gasteiger partial charge in [0.2, 0.25) is 5.95 Å². The zero-order valence-electron chi connectivity index (χ0n) is 21.7. The Labute approximate surface area is 246 Å². The number of nitrogens with zero attached hydrogens (tertiary/aromatic N) is 6. The van der Waals surface area contributed by atoms with E-state index >= 15 is 0 Å². The van der Waals surface area contributed by atoms with Crippen molar-refractivity contribution in [1.29, 1.82) is 5.26 Å². The normalized spacial score (nSPS) is 11.7. The van der Waals surface area contributed by atoms with Crippen LogP contribution in [0.25, 0.3) is 16.6 Å². The molecular formula is C30H17ClF4N8. The molecule has 13 heteroatoms. The second-order valence-corrected chi connectivity index (χ2v) is 9.71. The van der Waals surface area contributed by atoms with E-state index in [4.69, 9.17) is 11.6 Å². The van der Waals surface area contributed by atoms with E-state index in [0.29, 0.717) is 27.8 Å². The molecule has 3 aromatic carbocycles. The fourth-order valence-corrected chi connectivity index (χ4v) is 4.78. The van der Waals surface area contributed by atoms with Gasteiger partial charge in [0, 0.05) is 23.3 Å². The quantitative estimate of drug-likeness (QED) is 0.147. The molecule has 6 rings (SSSR count). The summed E-state index contributed by atoms with van der Waals surface area (Å²) in [6, 6.07) is 17.3. The molecule has 0 saturated carbocycles. The molecule has 0 radical (unpaired) electrons. The monoisotopic (exact) mass is 600 g/mol. The third kappa shape index (κ3) is 5.53. The van der Waals surface area contributed by atoms with Crippen molar-refractivity contribution >= 4 is 39.6 Å². The van der Waals surface area contributed by atoms with E-state index in [9.17, 15) is 22.8 Å².